The molecule has 27 heavy (non-hydrogen) atoms. The van der Waals surface area contributed by atoms with Crippen LogP contribution >= 0.6 is 0 Å². The number of hydrogen-bond acceptors (Lipinski definition) is 7. The maximum Gasteiger partial charge on any atom is 0.453 e. The third kappa shape index (κ3) is 3.54. The summed E-state index contributed by atoms with van der Waals surface area (Å²) >= 11 is 0. The third-order valence-corrected chi connectivity index (χ3v) is 4.81. The molecule has 4 rings (SSSR count). The van der Waals surface area contributed by atoms with Crippen molar-refractivity contribution in [3.63, 3.8) is 0 Å². The standard InChI is InChI=1S/C15H19F3N8O/c16-15(17,18)14-22-21-11-2-3-12(23-26(11)14)24-4-1-5-25(7-6-24)13(27)10-8-19-20-9-10/h2-3,10,19-20H,1,4-9H2. The van der Waals surface area contributed by atoms with Gasteiger partial charge in [0.15, 0.2) is 5.65 Å². The first-order valence-electron chi connectivity index (χ1n) is 8.72. The van der Waals surface area contributed by atoms with Gasteiger partial charge in [-0.25, -0.2) is 0 Å². The fourth-order valence-corrected chi connectivity index (χ4v) is 3.39. The Bertz CT molecular complexity index is 832. The van der Waals surface area contributed by atoms with E-state index in [0.717, 1.165) is 4.52 Å². The number of amides is 1. The molecule has 4 heterocycles. The van der Waals surface area contributed by atoms with Gasteiger partial charge in [-0.2, -0.15) is 17.7 Å². The van der Waals surface area contributed by atoms with Crippen LogP contribution < -0.4 is 15.8 Å². The summed E-state index contributed by atoms with van der Waals surface area (Å²) in [6.07, 6.45) is -3.91. The second-order valence-electron chi connectivity index (χ2n) is 6.61. The summed E-state index contributed by atoms with van der Waals surface area (Å²) < 4.78 is 39.9. The zero-order valence-corrected chi connectivity index (χ0v) is 14.4. The van der Waals surface area contributed by atoms with Gasteiger partial charge >= 0.3 is 6.18 Å². The van der Waals surface area contributed by atoms with Crippen LogP contribution in [0.15, 0.2) is 12.1 Å². The summed E-state index contributed by atoms with van der Waals surface area (Å²) in [4.78, 5) is 16.3. The number of carbonyl (C=O) groups is 1. The van der Waals surface area contributed by atoms with Crippen molar-refractivity contribution in [2.75, 3.05) is 44.2 Å². The van der Waals surface area contributed by atoms with Crippen LogP contribution in [0.3, 0.4) is 0 Å². The highest BCUT2D eigenvalue weighted by Crippen LogP contribution is 2.28. The van der Waals surface area contributed by atoms with Crippen LogP contribution in [-0.4, -0.2) is 69.9 Å². The minimum absolute atomic E-state index is 0.0407. The predicted molar refractivity (Wildman–Crippen MR) is 88.7 cm³/mol. The van der Waals surface area contributed by atoms with Gasteiger partial charge in [0.1, 0.15) is 5.82 Å². The molecule has 0 atom stereocenters. The summed E-state index contributed by atoms with van der Waals surface area (Å²) in [5.74, 6) is -0.730. The Hall–Kier alpha value is -2.47. The summed E-state index contributed by atoms with van der Waals surface area (Å²) in [6.45, 7) is 3.43. The molecule has 0 aliphatic carbocycles. The normalized spacial score (nSPS) is 19.7. The van der Waals surface area contributed by atoms with Gasteiger partial charge in [0, 0.05) is 39.3 Å². The number of nitrogens with zero attached hydrogens (tertiary/aromatic N) is 6. The molecule has 9 nitrogen and oxygen atoms in total. The second kappa shape index (κ2) is 6.93. The molecule has 146 valence electrons. The van der Waals surface area contributed by atoms with Gasteiger partial charge in [-0.15, -0.1) is 15.3 Å². The van der Waals surface area contributed by atoms with E-state index in [1.807, 2.05) is 9.80 Å². The number of nitrogens with one attached hydrogen (secondary N) is 2. The van der Waals surface area contributed by atoms with E-state index in [1.165, 1.54) is 6.07 Å². The monoisotopic (exact) mass is 384 g/mol. The first-order chi connectivity index (χ1) is 12.9. The summed E-state index contributed by atoms with van der Waals surface area (Å²) in [6, 6.07) is 3.10. The van der Waals surface area contributed by atoms with Gasteiger partial charge in [-0.3, -0.25) is 15.6 Å². The number of hydrogen-bond donors (Lipinski definition) is 2. The predicted octanol–water partition coefficient (Wildman–Crippen LogP) is -0.0942. The quantitative estimate of drug-likeness (QED) is 0.748. The summed E-state index contributed by atoms with van der Waals surface area (Å²) in [5.41, 5.74) is 5.94. The summed E-state index contributed by atoms with van der Waals surface area (Å²) in [7, 11) is 0. The number of hydrazine groups is 1. The maximum absolute atomic E-state index is 13.0. The minimum atomic E-state index is -4.63. The van der Waals surface area contributed by atoms with Crippen molar-refractivity contribution in [1.29, 1.82) is 0 Å². The highest BCUT2D eigenvalue weighted by molar-refractivity contribution is 5.79. The molecule has 2 aliphatic rings. The fraction of sp³-hybridized carbons (Fsp3) is 0.600. The van der Waals surface area contributed by atoms with Gasteiger partial charge in [0.25, 0.3) is 5.82 Å². The van der Waals surface area contributed by atoms with Crippen LogP contribution in [0.25, 0.3) is 5.65 Å². The second-order valence-corrected chi connectivity index (χ2v) is 6.61. The highest BCUT2D eigenvalue weighted by Gasteiger charge is 2.38. The molecule has 2 saturated heterocycles. The first-order valence-corrected chi connectivity index (χ1v) is 8.72. The number of carbonyl (C=O) groups excluding carboxylic acids is 1. The number of rotatable bonds is 2. The molecule has 2 fully saturated rings. The van der Waals surface area contributed by atoms with Gasteiger partial charge in [0.2, 0.25) is 5.91 Å². The molecular formula is C15H19F3N8O. The first kappa shape index (κ1) is 17.9. The van der Waals surface area contributed by atoms with Crippen LogP contribution in [0.1, 0.15) is 12.2 Å². The Labute approximate surface area is 152 Å². The Balaban J connectivity index is 1.51. The molecule has 2 aromatic rings. The molecule has 0 spiro atoms. The number of anilines is 1. The van der Waals surface area contributed by atoms with E-state index in [0.29, 0.717) is 51.5 Å². The van der Waals surface area contributed by atoms with Gasteiger partial charge in [-0.1, -0.05) is 0 Å². The average molecular weight is 384 g/mol. The maximum atomic E-state index is 13.0. The van der Waals surface area contributed by atoms with Crippen LogP contribution in [0.4, 0.5) is 19.0 Å². The Kier molecular flexibility index (Phi) is 4.60. The molecule has 2 aliphatic heterocycles. The topological polar surface area (TPSA) is 90.7 Å². The minimum Gasteiger partial charge on any atom is -0.353 e. The molecule has 2 aromatic heterocycles. The van der Waals surface area contributed by atoms with E-state index in [1.54, 1.807) is 6.07 Å². The van der Waals surface area contributed by atoms with E-state index >= 15 is 0 Å². The van der Waals surface area contributed by atoms with E-state index < -0.39 is 12.0 Å². The Morgan fingerprint density at radius 1 is 1.07 bits per heavy atom. The molecule has 0 bridgehead atoms. The van der Waals surface area contributed by atoms with Crippen LogP contribution in [0.2, 0.25) is 0 Å². The van der Waals surface area contributed by atoms with Gasteiger partial charge in [0.05, 0.1) is 5.92 Å². The van der Waals surface area contributed by atoms with Crippen molar-refractivity contribution in [1.82, 2.24) is 35.6 Å². The van der Waals surface area contributed by atoms with Crippen molar-refractivity contribution >= 4 is 17.4 Å². The highest BCUT2D eigenvalue weighted by atomic mass is 19.4. The van der Waals surface area contributed by atoms with Gasteiger partial charge < -0.3 is 9.80 Å². The molecule has 0 aromatic carbocycles. The largest absolute Gasteiger partial charge is 0.453 e. The van der Waals surface area contributed by atoms with E-state index in [9.17, 15) is 18.0 Å². The van der Waals surface area contributed by atoms with Crippen molar-refractivity contribution < 1.29 is 18.0 Å². The molecule has 12 heteroatoms. The Morgan fingerprint density at radius 3 is 2.59 bits per heavy atom. The van der Waals surface area contributed by atoms with Crippen molar-refractivity contribution in [2.24, 2.45) is 5.92 Å². The van der Waals surface area contributed by atoms with Crippen molar-refractivity contribution in [2.45, 2.75) is 12.6 Å². The third-order valence-electron chi connectivity index (χ3n) is 4.81. The van der Waals surface area contributed by atoms with Crippen LogP contribution in [0, 0.1) is 5.92 Å². The van der Waals surface area contributed by atoms with Crippen molar-refractivity contribution in [3.05, 3.63) is 18.0 Å². The zero-order chi connectivity index (χ0) is 19.0. The molecule has 2 N–H and O–H groups in total. The lowest BCUT2D eigenvalue weighted by Gasteiger charge is -2.24. The van der Waals surface area contributed by atoms with E-state index in [4.69, 9.17) is 0 Å². The Morgan fingerprint density at radius 2 is 1.85 bits per heavy atom. The van der Waals surface area contributed by atoms with E-state index in [2.05, 4.69) is 26.1 Å². The number of alkyl halides is 3. The molecular weight excluding hydrogens is 365 g/mol. The van der Waals surface area contributed by atoms with Crippen LogP contribution in [0.5, 0.6) is 0 Å². The fourth-order valence-electron chi connectivity index (χ4n) is 3.39. The lowest BCUT2D eigenvalue weighted by Crippen LogP contribution is -2.40. The van der Waals surface area contributed by atoms with Crippen LogP contribution in [-0.2, 0) is 11.0 Å². The smallest absolute Gasteiger partial charge is 0.353 e. The summed E-state index contributed by atoms with van der Waals surface area (Å²) in [5, 5.41) is 10.8. The SMILES string of the molecule is O=C(C1CNNC1)N1CCCN(c2ccc3nnc(C(F)(F)F)n3n2)CC1. The number of fused-ring (bicyclic) bond motifs is 1. The van der Waals surface area contributed by atoms with Crippen molar-refractivity contribution in [3.8, 4) is 0 Å². The number of halogens is 3. The lowest BCUT2D eigenvalue weighted by atomic mass is 10.1. The molecule has 1 amide bonds. The van der Waals surface area contributed by atoms with Gasteiger partial charge in [-0.05, 0) is 18.6 Å². The lowest BCUT2D eigenvalue weighted by molar-refractivity contribution is -0.146. The zero-order valence-electron chi connectivity index (χ0n) is 14.4. The molecule has 0 radical (unpaired) electrons. The average Bonchev–Trinajstić information content (AvgIpc) is 3.25. The van der Waals surface area contributed by atoms with E-state index in [-0.39, 0.29) is 17.5 Å². The number of aromatic nitrogens is 4. The molecule has 0 saturated carbocycles. The molecule has 0 unspecified atom stereocenters.